The van der Waals surface area contributed by atoms with E-state index in [-0.39, 0.29) is 5.91 Å². The van der Waals surface area contributed by atoms with Crippen LogP contribution in [-0.4, -0.2) is 52.9 Å². The van der Waals surface area contributed by atoms with Gasteiger partial charge in [-0.2, -0.15) is 11.8 Å². The minimum absolute atomic E-state index is 0.0509. The molecule has 4 rings (SSSR count). The normalized spacial score (nSPS) is 18.4. The van der Waals surface area contributed by atoms with Crippen LogP contribution < -0.4 is 5.32 Å². The maximum absolute atomic E-state index is 12.8. The molecule has 1 aromatic carbocycles. The van der Waals surface area contributed by atoms with Crippen LogP contribution in [-0.2, 0) is 17.9 Å². The van der Waals surface area contributed by atoms with Crippen LogP contribution in [0.3, 0.4) is 0 Å². The lowest BCUT2D eigenvalue weighted by Gasteiger charge is -2.27. The first-order chi connectivity index (χ1) is 14.3. The largest absolute Gasteiger partial charge is 0.468 e. The van der Waals surface area contributed by atoms with Crippen molar-refractivity contribution in [1.29, 1.82) is 0 Å². The molecule has 0 unspecified atom stereocenters. The number of furan rings is 1. The Hall–Kier alpha value is -1.76. The maximum Gasteiger partial charge on any atom is 0.238 e. The van der Waals surface area contributed by atoms with Crippen LogP contribution in [0.5, 0.6) is 0 Å². The summed E-state index contributed by atoms with van der Waals surface area (Å²) in [6, 6.07) is 12.7. The number of nitrogens with zero attached hydrogens (tertiary/aromatic N) is 2. The van der Waals surface area contributed by atoms with Crippen molar-refractivity contribution in [1.82, 2.24) is 9.80 Å². The molecule has 2 aliphatic rings. The first kappa shape index (κ1) is 20.5. The summed E-state index contributed by atoms with van der Waals surface area (Å²) in [7, 11) is 0. The summed E-state index contributed by atoms with van der Waals surface area (Å²) in [5.41, 5.74) is 2.15. The van der Waals surface area contributed by atoms with Crippen molar-refractivity contribution in [2.45, 2.75) is 44.8 Å². The standard InChI is InChI=1S/C23H31N3O2S/c27-23(18-26(21-7-1-2-8-21)17-22-9-4-12-28-22)24-20-6-3-5-19(15-20)16-25-10-13-29-14-11-25/h3-6,9,12,15,21H,1-2,7-8,10-11,13-14,16-18H2,(H,24,27). The maximum atomic E-state index is 12.8. The highest BCUT2D eigenvalue weighted by Gasteiger charge is 2.25. The number of carbonyl (C=O) groups excluding carboxylic acids is 1. The molecule has 1 saturated carbocycles. The van der Waals surface area contributed by atoms with Crippen molar-refractivity contribution >= 4 is 23.4 Å². The van der Waals surface area contributed by atoms with E-state index in [0.29, 0.717) is 19.1 Å². The van der Waals surface area contributed by atoms with Gasteiger partial charge in [0.25, 0.3) is 0 Å². The molecule has 0 radical (unpaired) electrons. The monoisotopic (exact) mass is 413 g/mol. The van der Waals surface area contributed by atoms with Crippen LogP contribution in [0.15, 0.2) is 47.1 Å². The average molecular weight is 414 g/mol. The highest BCUT2D eigenvalue weighted by Crippen LogP contribution is 2.25. The van der Waals surface area contributed by atoms with Crippen LogP contribution >= 0.6 is 11.8 Å². The van der Waals surface area contributed by atoms with E-state index in [2.05, 4.69) is 27.2 Å². The molecule has 0 atom stereocenters. The highest BCUT2D eigenvalue weighted by molar-refractivity contribution is 7.99. The minimum atomic E-state index is 0.0509. The molecule has 2 fully saturated rings. The lowest BCUT2D eigenvalue weighted by Crippen LogP contribution is -2.39. The summed E-state index contributed by atoms with van der Waals surface area (Å²) in [6.07, 6.45) is 6.53. The molecule has 1 aliphatic heterocycles. The molecular formula is C23H31N3O2S. The summed E-state index contributed by atoms with van der Waals surface area (Å²) in [5, 5.41) is 3.12. The molecule has 1 amide bonds. The Labute approximate surface area is 177 Å². The van der Waals surface area contributed by atoms with E-state index in [4.69, 9.17) is 4.42 Å². The number of thioether (sulfide) groups is 1. The SMILES string of the molecule is O=C(CN(Cc1ccco1)C1CCCC1)Nc1cccc(CN2CCSCC2)c1. The van der Waals surface area contributed by atoms with Gasteiger partial charge in [0.1, 0.15) is 5.76 Å². The summed E-state index contributed by atoms with van der Waals surface area (Å²) < 4.78 is 5.53. The Morgan fingerprint density at radius 1 is 1.17 bits per heavy atom. The number of hydrogen-bond acceptors (Lipinski definition) is 5. The Kier molecular flexibility index (Phi) is 7.30. The zero-order chi connectivity index (χ0) is 19.9. The second-order valence-corrected chi connectivity index (χ2v) is 9.28. The molecule has 0 bridgehead atoms. The summed E-state index contributed by atoms with van der Waals surface area (Å²) in [4.78, 5) is 17.6. The predicted molar refractivity (Wildman–Crippen MR) is 119 cm³/mol. The highest BCUT2D eigenvalue weighted by atomic mass is 32.2. The molecule has 2 aromatic rings. The number of hydrogen-bond donors (Lipinski definition) is 1. The Morgan fingerprint density at radius 2 is 2.00 bits per heavy atom. The van der Waals surface area contributed by atoms with Crippen LogP contribution in [0, 0.1) is 0 Å². The van der Waals surface area contributed by atoms with Gasteiger partial charge in [0, 0.05) is 42.9 Å². The zero-order valence-corrected chi connectivity index (χ0v) is 17.8. The third-order valence-electron chi connectivity index (χ3n) is 5.85. The molecule has 5 nitrogen and oxygen atoms in total. The zero-order valence-electron chi connectivity index (χ0n) is 17.0. The molecule has 1 aliphatic carbocycles. The molecule has 156 valence electrons. The smallest absolute Gasteiger partial charge is 0.238 e. The number of rotatable bonds is 8. The molecule has 1 saturated heterocycles. The van der Waals surface area contributed by atoms with Crippen molar-refractivity contribution in [3.05, 3.63) is 54.0 Å². The Balaban J connectivity index is 1.35. The summed E-state index contributed by atoms with van der Waals surface area (Å²) in [5.74, 6) is 3.40. The lowest BCUT2D eigenvalue weighted by atomic mass is 10.1. The second-order valence-electron chi connectivity index (χ2n) is 8.06. The van der Waals surface area contributed by atoms with Gasteiger partial charge < -0.3 is 9.73 Å². The topological polar surface area (TPSA) is 48.7 Å². The van der Waals surface area contributed by atoms with Crippen molar-refractivity contribution < 1.29 is 9.21 Å². The van der Waals surface area contributed by atoms with Crippen molar-refractivity contribution in [3.63, 3.8) is 0 Å². The van der Waals surface area contributed by atoms with Crippen LogP contribution in [0.1, 0.15) is 37.0 Å². The van der Waals surface area contributed by atoms with E-state index in [1.54, 1.807) is 6.26 Å². The van der Waals surface area contributed by atoms with E-state index in [0.717, 1.165) is 43.9 Å². The fourth-order valence-corrected chi connectivity index (χ4v) is 5.31. The number of amides is 1. The number of carbonyl (C=O) groups is 1. The molecule has 1 N–H and O–H groups in total. The molecular weight excluding hydrogens is 382 g/mol. The second kappa shape index (κ2) is 10.3. The van der Waals surface area contributed by atoms with Gasteiger partial charge in [-0.3, -0.25) is 14.6 Å². The first-order valence-electron chi connectivity index (χ1n) is 10.7. The van der Waals surface area contributed by atoms with Crippen LogP contribution in [0.2, 0.25) is 0 Å². The van der Waals surface area contributed by atoms with Crippen molar-refractivity contribution in [3.8, 4) is 0 Å². The van der Waals surface area contributed by atoms with E-state index < -0.39 is 0 Å². The van der Waals surface area contributed by atoms with E-state index >= 15 is 0 Å². The van der Waals surface area contributed by atoms with Gasteiger partial charge in [0.05, 0.1) is 19.4 Å². The fraction of sp³-hybridized carbons (Fsp3) is 0.522. The van der Waals surface area contributed by atoms with Gasteiger partial charge in [0.2, 0.25) is 5.91 Å². The quantitative estimate of drug-likeness (QED) is 0.702. The van der Waals surface area contributed by atoms with Gasteiger partial charge in [0.15, 0.2) is 0 Å². The van der Waals surface area contributed by atoms with Gasteiger partial charge in [-0.05, 0) is 42.7 Å². The van der Waals surface area contributed by atoms with Crippen molar-refractivity contribution in [2.24, 2.45) is 0 Å². The van der Waals surface area contributed by atoms with Gasteiger partial charge in [-0.15, -0.1) is 0 Å². The molecule has 1 aromatic heterocycles. The number of nitrogens with one attached hydrogen (secondary N) is 1. The predicted octanol–water partition coefficient (Wildman–Crippen LogP) is 4.21. The van der Waals surface area contributed by atoms with Crippen LogP contribution in [0.25, 0.3) is 0 Å². The lowest BCUT2D eigenvalue weighted by molar-refractivity contribution is -0.118. The van der Waals surface area contributed by atoms with Gasteiger partial charge >= 0.3 is 0 Å². The van der Waals surface area contributed by atoms with Gasteiger partial charge in [-0.25, -0.2) is 0 Å². The van der Waals surface area contributed by atoms with Crippen molar-refractivity contribution in [2.75, 3.05) is 36.5 Å². The minimum Gasteiger partial charge on any atom is -0.468 e. The third kappa shape index (κ3) is 6.11. The number of benzene rings is 1. The van der Waals surface area contributed by atoms with E-state index in [1.807, 2.05) is 36.0 Å². The van der Waals surface area contributed by atoms with Gasteiger partial charge in [-0.1, -0.05) is 25.0 Å². The number of anilines is 1. The van der Waals surface area contributed by atoms with E-state index in [1.165, 1.54) is 29.9 Å². The molecule has 2 heterocycles. The Morgan fingerprint density at radius 3 is 2.76 bits per heavy atom. The molecule has 6 heteroatoms. The summed E-state index contributed by atoms with van der Waals surface area (Å²) in [6.45, 7) is 4.34. The van der Waals surface area contributed by atoms with E-state index in [9.17, 15) is 4.79 Å². The van der Waals surface area contributed by atoms with Crippen LogP contribution in [0.4, 0.5) is 5.69 Å². The average Bonchev–Trinajstić information content (AvgIpc) is 3.43. The summed E-state index contributed by atoms with van der Waals surface area (Å²) >= 11 is 2.03. The molecule has 0 spiro atoms. The Bertz CT molecular complexity index is 768. The third-order valence-corrected chi connectivity index (χ3v) is 6.79. The fourth-order valence-electron chi connectivity index (χ4n) is 4.34. The first-order valence-corrected chi connectivity index (χ1v) is 11.9. The molecule has 29 heavy (non-hydrogen) atoms.